The molecule has 1 fully saturated rings. The highest BCUT2D eigenvalue weighted by Gasteiger charge is 2.24. The minimum atomic E-state index is -1.12. The topological polar surface area (TPSA) is 87.1 Å². The van der Waals surface area contributed by atoms with Gasteiger partial charge < -0.3 is 14.9 Å². The summed E-state index contributed by atoms with van der Waals surface area (Å²) < 4.78 is 5.25. The first kappa shape index (κ1) is 18.6. The second kappa shape index (κ2) is 8.90. The van der Waals surface area contributed by atoms with Crippen molar-refractivity contribution >= 4 is 11.9 Å². The molecule has 0 aromatic heterocycles. The van der Waals surface area contributed by atoms with Crippen LogP contribution >= 0.6 is 0 Å². The molecule has 1 saturated heterocycles. The number of ether oxygens (including phenoxy) is 1. The van der Waals surface area contributed by atoms with Crippen LogP contribution in [-0.4, -0.2) is 59.9 Å². The molecule has 0 aliphatic carbocycles. The van der Waals surface area contributed by atoms with Gasteiger partial charge in [-0.05, 0) is 24.7 Å². The number of carbonyl (C=O) groups is 2. The minimum Gasteiger partial charge on any atom is -0.478 e. The maximum Gasteiger partial charge on any atom is 0.332 e. The summed E-state index contributed by atoms with van der Waals surface area (Å²) in [6, 6.07) is 0. The van der Waals surface area contributed by atoms with Gasteiger partial charge in [0.05, 0.1) is 13.2 Å². The first-order valence-corrected chi connectivity index (χ1v) is 7.81. The summed E-state index contributed by atoms with van der Waals surface area (Å²) in [7, 11) is 0. The van der Waals surface area contributed by atoms with Gasteiger partial charge in [-0.25, -0.2) is 9.59 Å². The van der Waals surface area contributed by atoms with Gasteiger partial charge in [-0.1, -0.05) is 20.8 Å². The van der Waals surface area contributed by atoms with Gasteiger partial charge in [-0.15, -0.1) is 0 Å². The molecule has 1 heterocycles. The lowest BCUT2D eigenvalue weighted by Gasteiger charge is -2.27. The summed E-state index contributed by atoms with van der Waals surface area (Å²) >= 11 is 0. The lowest BCUT2D eigenvalue weighted by molar-refractivity contribution is -0.136. The van der Waals surface area contributed by atoms with Crippen LogP contribution in [0, 0.1) is 11.8 Å². The molecule has 22 heavy (non-hydrogen) atoms. The zero-order valence-electron chi connectivity index (χ0n) is 13.7. The molecule has 1 aliphatic rings. The van der Waals surface area contributed by atoms with Crippen molar-refractivity contribution in [2.75, 3.05) is 32.8 Å². The third-order valence-corrected chi connectivity index (χ3v) is 4.33. The van der Waals surface area contributed by atoms with Crippen LogP contribution in [0.4, 0.5) is 0 Å². The second-order valence-electron chi connectivity index (χ2n) is 6.20. The number of carboxylic acid groups (broad SMARTS) is 2. The van der Waals surface area contributed by atoms with E-state index < -0.39 is 11.9 Å². The van der Waals surface area contributed by atoms with Crippen LogP contribution in [0.3, 0.4) is 0 Å². The highest BCUT2D eigenvalue weighted by Crippen LogP contribution is 2.24. The van der Waals surface area contributed by atoms with E-state index in [0.717, 1.165) is 13.1 Å². The van der Waals surface area contributed by atoms with E-state index in [4.69, 9.17) is 4.74 Å². The average Bonchev–Trinajstić information content (AvgIpc) is 2.46. The standard InChI is InChI=1S/C16H27NO5/c1-11(2)12(3)10-14(16(20)21)13(15(18)19)4-5-17-6-8-22-9-7-17/h11-12H,4-10H2,1-3H3,(H,18,19)(H,20,21)/b14-13+. The van der Waals surface area contributed by atoms with Crippen LogP contribution in [0.25, 0.3) is 0 Å². The summed E-state index contributed by atoms with van der Waals surface area (Å²) in [5, 5.41) is 18.8. The SMILES string of the molecule is CC(C)C(C)C/C(C(=O)O)=C(/CCN1CCOCC1)C(=O)O. The van der Waals surface area contributed by atoms with E-state index in [0.29, 0.717) is 25.7 Å². The van der Waals surface area contributed by atoms with Crippen molar-refractivity contribution in [2.45, 2.75) is 33.6 Å². The van der Waals surface area contributed by atoms with Gasteiger partial charge in [0.25, 0.3) is 0 Å². The molecule has 0 aromatic carbocycles. The Morgan fingerprint density at radius 3 is 2.05 bits per heavy atom. The molecule has 0 aromatic rings. The fraction of sp³-hybridized carbons (Fsp3) is 0.750. The Kier molecular flexibility index (Phi) is 7.55. The predicted molar refractivity (Wildman–Crippen MR) is 82.8 cm³/mol. The van der Waals surface area contributed by atoms with E-state index >= 15 is 0 Å². The Balaban J connectivity index is 2.84. The summed E-state index contributed by atoms with van der Waals surface area (Å²) in [5.41, 5.74) is 0.0773. The molecule has 1 rings (SSSR count). The highest BCUT2D eigenvalue weighted by molar-refractivity contribution is 5.98. The number of aliphatic carboxylic acids is 2. The van der Waals surface area contributed by atoms with Gasteiger partial charge in [0.1, 0.15) is 0 Å². The van der Waals surface area contributed by atoms with E-state index in [-0.39, 0.29) is 29.9 Å². The first-order chi connectivity index (χ1) is 10.3. The summed E-state index contributed by atoms with van der Waals surface area (Å²) in [6.45, 7) is 9.34. The van der Waals surface area contributed by atoms with Crippen LogP contribution in [-0.2, 0) is 14.3 Å². The van der Waals surface area contributed by atoms with Gasteiger partial charge >= 0.3 is 11.9 Å². The predicted octanol–water partition coefficient (Wildman–Crippen LogP) is 1.86. The molecule has 2 N–H and O–H groups in total. The summed E-state index contributed by atoms with van der Waals surface area (Å²) in [4.78, 5) is 25.1. The van der Waals surface area contributed by atoms with Crippen molar-refractivity contribution < 1.29 is 24.5 Å². The quantitative estimate of drug-likeness (QED) is 0.665. The van der Waals surface area contributed by atoms with Crippen LogP contribution in [0.2, 0.25) is 0 Å². The van der Waals surface area contributed by atoms with Crippen LogP contribution in [0.5, 0.6) is 0 Å². The number of hydrogen-bond acceptors (Lipinski definition) is 4. The molecule has 0 amide bonds. The van der Waals surface area contributed by atoms with Crippen molar-refractivity contribution in [1.82, 2.24) is 4.90 Å². The largest absolute Gasteiger partial charge is 0.478 e. The molecule has 6 heteroatoms. The molecular formula is C16H27NO5. The molecule has 1 atom stereocenters. The monoisotopic (exact) mass is 313 g/mol. The lowest BCUT2D eigenvalue weighted by atomic mass is 9.88. The number of hydrogen-bond donors (Lipinski definition) is 2. The number of rotatable bonds is 8. The van der Waals surface area contributed by atoms with Crippen molar-refractivity contribution in [2.24, 2.45) is 11.8 Å². The molecule has 0 spiro atoms. The van der Waals surface area contributed by atoms with Crippen LogP contribution in [0.15, 0.2) is 11.1 Å². The Labute approximate surface area is 131 Å². The highest BCUT2D eigenvalue weighted by atomic mass is 16.5. The summed E-state index contributed by atoms with van der Waals surface area (Å²) in [5.74, 6) is -1.80. The van der Waals surface area contributed by atoms with Gasteiger partial charge in [-0.2, -0.15) is 0 Å². The Hall–Kier alpha value is -1.40. The van der Waals surface area contributed by atoms with Crippen LogP contribution in [0.1, 0.15) is 33.6 Å². The Bertz CT molecular complexity index is 424. The molecule has 0 saturated carbocycles. The van der Waals surface area contributed by atoms with Gasteiger partial charge in [0.15, 0.2) is 0 Å². The average molecular weight is 313 g/mol. The maximum atomic E-state index is 11.5. The van der Waals surface area contributed by atoms with E-state index in [1.54, 1.807) is 0 Å². The zero-order chi connectivity index (χ0) is 16.7. The van der Waals surface area contributed by atoms with Crippen molar-refractivity contribution in [3.63, 3.8) is 0 Å². The van der Waals surface area contributed by atoms with E-state index in [1.807, 2.05) is 20.8 Å². The minimum absolute atomic E-state index is 0.0338. The molecule has 126 valence electrons. The van der Waals surface area contributed by atoms with Crippen LogP contribution < -0.4 is 0 Å². The molecule has 1 unspecified atom stereocenters. The fourth-order valence-electron chi connectivity index (χ4n) is 2.38. The zero-order valence-corrected chi connectivity index (χ0v) is 13.7. The molecule has 0 bridgehead atoms. The molecule has 1 aliphatic heterocycles. The van der Waals surface area contributed by atoms with E-state index in [1.165, 1.54) is 0 Å². The first-order valence-electron chi connectivity index (χ1n) is 7.81. The molecule has 6 nitrogen and oxygen atoms in total. The Morgan fingerprint density at radius 1 is 1.05 bits per heavy atom. The van der Waals surface area contributed by atoms with Gasteiger partial charge in [0, 0.05) is 30.8 Å². The van der Waals surface area contributed by atoms with E-state index in [9.17, 15) is 19.8 Å². The number of morpholine rings is 1. The third kappa shape index (κ3) is 5.77. The van der Waals surface area contributed by atoms with E-state index in [2.05, 4.69) is 4.90 Å². The second-order valence-corrected chi connectivity index (χ2v) is 6.20. The Morgan fingerprint density at radius 2 is 1.59 bits per heavy atom. The normalized spacial score (nSPS) is 18.9. The molecular weight excluding hydrogens is 286 g/mol. The third-order valence-electron chi connectivity index (χ3n) is 4.33. The van der Waals surface area contributed by atoms with Gasteiger partial charge in [0.2, 0.25) is 0 Å². The van der Waals surface area contributed by atoms with Crippen molar-refractivity contribution in [3.05, 3.63) is 11.1 Å². The van der Waals surface area contributed by atoms with Crippen molar-refractivity contribution in [3.8, 4) is 0 Å². The number of nitrogens with zero attached hydrogens (tertiary/aromatic N) is 1. The molecule has 0 radical (unpaired) electrons. The van der Waals surface area contributed by atoms with Crippen molar-refractivity contribution in [1.29, 1.82) is 0 Å². The van der Waals surface area contributed by atoms with Gasteiger partial charge in [-0.3, -0.25) is 4.90 Å². The smallest absolute Gasteiger partial charge is 0.332 e. The lowest BCUT2D eigenvalue weighted by Crippen LogP contribution is -2.37. The maximum absolute atomic E-state index is 11.5. The number of carboxylic acids is 2. The fourth-order valence-corrected chi connectivity index (χ4v) is 2.38. The summed E-state index contributed by atoms with van der Waals surface area (Å²) in [6.07, 6.45) is 0.541.